The largest absolute Gasteiger partial charge is 0.369 e. The molecule has 1 aromatic carbocycles. The zero-order valence-electron chi connectivity index (χ0n) is 11.2. The minimum atomic E-state index is -0.101. The number of nitrogens with zero attached hydrogens (tertiary/aromatic N) is 1. The topological polar surface area (TPSA) is 38.5 Å². The third kappa shape index (κ3) is 3.05. The second kappa shape index (κ2) is 5.19. The number of benzene rings is 1. The second-order valence-corrected chi connectivity index (χ2v) is 6.40. The molecule has 0 aliphatic carbocycles. The fourth-order valence-electron chi connectivity index (χ4n) is 2.55. The molecule has 18 heavy (non-hydrogen) atoms. The molecular weight excluding hydrogens is 292 g/mol. The van der Waals surface area contributed by atoms with E-state index in [1.807, 2.05) is 0 Å². The van der Waals surface area contributed by atoms with E-state index in [4.69, 9.17) is 10.5 Å². The Kier molecular flexibility index (Phi) is 3.99. The Morgan fingerprint density at radius 1 is 1.50 bits per heavy atom. The summed E-state index contributed by atoms with van der Waals surface area (Å²) in [4.78, 5) is 2.37. The molecule has 1 atom stereocenters. The standard InChI is InChI=1S/C14H21BrN2O/c1-10-8-17(9-14(2,3)18-10)12-5-4-11(7-16)13(15)6-12/h4-6,10H,7-9,16H2,1-3H3. The van der Waals surface area contributed by atoms with E-state index in [1.54, 1.807) is 0 Å². The van der Waals surface area contributed by atoms with Crippen LogP contribution in [0.15, 0.2) is 22.7 Å². The number of halogens is 1. The molecule has 1 heterocycles. The van der Waals surface area contributed by atoms with Crippen LogP contribution in [-0.4, -0.2) is 24.8 Å². The first-order valence-electron chi connectivity index (χ1n) is 6.32. The van der Waals surface area contributed by atoms with Crippen molar-refractivity contribution in [3.8, 4) is 0 Å². The molecule has 1 aromatic rings. The van der Waals surface area contributed by atoms with Crippen molar-refractivity contribution in [2.24, 2.45) is 5.73 Å². The third-order valence-electron chi connectivity index (χ3n) is 3.19. The van der Waals surface area contributed by atoms with Gasteiger partial charge in [0.1, 0.15) is 0 Å². The highest BCUT2D eigenvalue weighted by molar-refractivity contribution is 9.10. The SMILES string of the molecule is CC1CN(c2ccc(CN)c(Br)c2)CC(C)(C)O1. The van der Waals surface area contributed by atoms with Gasteiger partial charge < -0.3 is 15.4 Å². The maximum absolute atomic E-state index is 5.93. The van der Waals surface area contributed by atoms with Crippen LogP contribution >= 0.6 is 15.9 Å². The summed E-state index contributed by atoms with van der Waals surface area (Å²) in [6.07, 6.45) is 0.252. The molecule has 0 aromatic heterocycles. The monoisotopic (exact) mass is 312 g/mol. The molecule has 2 N–H and O–H groups in total. The summed E-state index contributed by atoms with van der Waals surface area (Å²) in [5.74, 6) is 0. The van der Waals surface area contributed by atoms with Crippen molar-refractivity contribution in [2.75, 3.05) is 18.0 Å². The Balaban J connectivity index is 2.23. The fourth-order valence-corrected chi connectivity index (χ4v) is 3.08. The minimum Gasteiger partial charge on any atom is -0.369 e. The van der Waals surface area contributed by atoms with Crippen LogP contribution in [0.5, 0.6) is 0 Å². The van der Waals surface area contributed by atoms with Crippen LogP contribution in [0.4, 0.5) is 5.69 Å². The summed E-state index contributed by atoms with van der Waals surface area (Å²) in [6, 6.07) is 6.38. The van der Waals surface area contributed by atoms with E-state index in [2.05, 4.69) is 59.8 Å². The number of nitrogens with two attached hydrogens (primary N) is 1. The molecule has 0 radical (unpaired) electrons. The van der Waals surface area contributed by atoms with E-state index in [9.17, 15) is 0 Å². The Labute approximate surface area is 117 Å². The number of ether oxygens (including phenoxy) is 1. The predicted octanol–water partition coefficient (Wildman–Crippen LogP) is 2.91. The van der Waals surface area contributed by atoms with Crippen LogP contribution in [0.25, 0.3) is 0 Å². The van der Waals surface area contributed by atoms with Gasteiger partial charge in [-0.25, -0.2) is 0 Å². The number of rotatable bonds is 2. The van der Waals surface area contributed by atoms with E-state index in [0.29, 0.717) is 6.54 Å². The summed E-state index contributed by atoms with van der Waals surface area (Å²) in [5, 5.41) is 0. The van der Waals surface area contributed by atoms with Gasteiger partial charge in [0.05, 0.1) is 11.7 Å². The molecule has 1 fully saturated rings. The zero-order valence-corrected chi connectivity index (χ0v) is 12.8. The Morgan fingerprint density at radius 3 is 2.78 bits per heavy atom. The van der Waals surface area contributed by atoms with Gasteiger partial charge in [0.25, 0.3) is 0 Å². The fraction of sp³-hybridized carbons (Fsp3) is 0.571. The van der Waals surface area contributed by atoms with Crippen LogP contribution in [0.1, 0.15) is 26.3 Å². The van der Waals surface area contributed by atoms with Gasteiger partial charge in [0.2, 0.25) is 0 Å². The molecule has 1 saturated heterocycles. The van der Waals surface area contributed by atoms with E-state index in [0.717, 1.165) is 23.1 Å². The molecule has 1 unspecified atom stereocenters. The lowest BCUT2D eigenvalue weighted by atomic mass is 10.0. The quantitative estimate of drug-likeness (QED) is 0.912. The van der Waals surface area contributed by atoms with Crippen molar-refractivity contribution in [3.05, 3.63) is 28.2 Å². The van der Waals surface area contributed by atoms with Gasteiger partial charge in [-0.3, -0.25) is 0 Å². The molecule has 0 saturated carbocycles. The highest BCUT2D eigenvalue weighted by atomic mass is 79.9. The number of hydrogen-bond donors (Lipinski definition) is 1. The first kappa shape index (κ1) is 13.8. The summed E-state index contributed by atoms with van der Waals surface area (Å²) in [5.41, 5.74) is 7.94. The first-order chi connectivity index (χ1) is 8.41. The van der Waals surface area contributed by atoms with E-state index >= 15 is 0 Å². The van der Waals surface area contributed by atoms with E-state index in [-0.39, 0.29) is 11.7 Å². The maximum atomic E-state index is 5.93. The highest BCUT2D eigenvalue weighted by Gasteiger charge is 2.31. The van der Waals surface area contributed by atoms with Gasteiger partial charge in [-0.15, -0.1) is 0 Å². The summed E-state index contributed by atoms with van der Waals surface area (Å²) in [6.45, 7) is 8.80. The van der Waals surface area contributed by atoms with E-state index < -0.39 is 0 Å². The average molecular weight is 313 g/mol. The van der Waals surface area contributed by atoms with Crippen molar-refractivity contribution in [1.82, 2.24) is 0 Å². The molecule has 100 valence electrons. The van der Waals surface area contributed by atoms with Crippen molar-refractivity contribution in [2.45, 2.75) is 39.0 Å². The normalized spacial score (nSPS) is 23.2. The minimum absolute atomic E-state index is 0.101. The smallest absolute Gasteiger partial charge is 0.0805 e. The second-order valence-electron chi connectivity index (χ2n) is 5.55. The number of anilines is 1. The average Bonchev–Trinajstić information content (AvgIpc) is 2.26. The summed E-state index contributed by atoms with van der Waals surface area (Å²) in [7, 11) is 0. The lowest BCUT2D eigenvalue weighted by Crippen LogP contribution is -2.52. The van der Waals surface area contributed by atoms with Crippen LogP contribution in [0.2, 0.25) is 0 Å². The number of hydrogen-bond acceptors (Lipinski definition) is 3. The predicted molar refractivity (Wildman–Crippen MR) is 78.9 cm³/mol. The Hall–Kier alpha value is -0.580. The molecule has 0 spiro atoms. The van der Waals surface area contributed by atoms with Crippen LogP contribution in [-0.2, 0) is 11.3 Å². The Bertz CT molecular complexity index is 434. The van der Waals surface area contributed by atoms with Gasteiger partial charge in [-0.1, -0.05) is 22.0 Å². The molecule has 0 bridgehead atoms. The summed E-state index contributed by atoms with van der Waals surface area (Å²) < 4.78 is 7.01. The molecule has 1 aliphatic rings. The van der Waals surface area contributed by atoms with Gasteiger partial charge in [0.15, 0.2) is 0 Å². The molecule has 1 aliphatic heterocycles. The lowest BCUT2D eigenvalue weighted by Gasteiger charge is -2.43. The van der Waals surface area contributed by atoms with Gasteiger partial charge in [-0.05, 0) is 38.5 Å². The van der Waals surface area contributed by atoms with Gasteiger partial charge in [0, 0.05) is 29.8 Å². The summed E-state index contributed by atoms with van der Waals surface area (Å²) >= 11 is 3.58. The lowest BCUT2D eigenvalue weighted by molar-refractivity contribution is -0.0749. The van der Waals surface area contributed by atoms with Crippen LogP contribution < -0.4 is 10.6 Å². The molecular formula is C14H21BrN2O. The highest BCUT2D eigenvalue weighted by Crippen LogP contribution is 2.29. The number of morpholine rings is 1. The van der Waals surface area contributed by atoms with Crippen LogP contribution in [0, 0.1) is 0 Å². The van der Waals surface area contributed by atoms with Crippen LogP contribution in [0.3, 0.4) is 0 Å². The van der Waals surface area contributed by atoms with Crippen molar-refractivity contribution < 1.29 is 4.74 Å². The molecule has 0 amide bonds. The maximum Gasteiger partial charge on any atom is 0.0805 e. The Morgan fingerprint density at radius 2 is 2.22 bits per heavy atom. The van der Waals surface area contributed by atoms with Crippen molar-refractivity contribution >= 4 is 21.6 Å². The molecule has 4 heteroatoms. The van der Waals surface area contributed by atoms with Crippen molar-refractivity contribution in [3.63, 3.8) is 0 Å². The molecule has 3 nitrogen and oxygen atoms in total. The van der Waals surface area contributed by atoms with Gasteiger partial charge >= 0.3 is 0 Å². The van der Waals surface area contributed by atoms with Gasteiger partial charge in [-0.2, -0.15) is 0 Å². The van der Waals surface area contributed by atoms with Crippen molar-refractivity contribution in [1.29, 1.82) is 0 Å². The third-order valence-corrected chi connectivity index (χ3v) is 3.93. The van der Waals surface area contributed by atoms with E-state index in [1.165, 1.54) is 5.69 Å². The molecule has 2 rings (SSSR count). The first-order valence-corrected chi connectivity index (χ1v) is 7.12. The zero-order chi connectivity index (χ0) is 13.3.